The predicted octanol–water partition coefficient (Wildman–Crippen LogP) is 4.00. The van der Waals surface area contributed by atoms with Gasteiger partial charge in [-0.15, -0.1) is 0 Å². The first-order valence-corrected chi connectivity index (χ1v) is 9.80. The molecule has 0 saturated heterocycles. The number of carbonyl (C=O) groups is 2. The quantitative estimate of drug-likeness (QED) is 0.733. The van der Waals surface area contributed by atoms with Crippen LogP contribution in [0.25, 0.3) is 0 Å². The second-order valence-electron chi connectivity index (χ2n) is 9.50. The lowest BCUT2D eigenvalue weighted by Crippen LogP contribution is -2.57. The van der Waals surface area contributed by atoms with Crippen LogP contribution in [0, 0.1) is 28.6 Å². The van der Waals surface area contributed by atoms with E-state index in [1.807, 2.05) is 6.08 Å². The van der Waals surface area contributed by atoms with E-state index in [-0.39, 0.29) is 22.4 Å². The molecule has 3 saturated carbocycles. The zero-order chi connectivity index (χ0) is 18.2. The van der Waals surface area contributed by atoms with E-state index in [1.54, 1.807) is 0 Å². The van der Waals surface area contributed by atoms with Gasteiger partial charge in [0.15, 0.2) is 11.6 Å². The van der Waals surface area contributed by atoms with Crippen molar-refractivity contribution in [1.82, 2.24) is 0 Å². The number of allylic oxidation sites excluding steroid dienone is 1. The van der Waals surface area contributed by atoms with Crippen LogP contribution >= 0.6 is 0 Å². The van der Waals surface area contributed by atoms with Gasteiger partial charge in [0.05, 0.1) is 0 Å². The Morgan fingerprint density at radius 1 is 1.20 bits per heavy atom. The lowest BCUT2D eigenvalue weighted by atomic mass is 9.46. The number of carbonyl (C=O) groups excluding carboxylic acids is 2. The second-order valence-corrected chi connectivity index (χ2v) is 9.50. The summed E-state index contributed by atoms with van der Waals surface area (Å²) in [5.74, 6) is 1.53. The molecule has 4 rings (SSSR count). The molecular formula is C22H30O3. The van der Waals surface area contributed by atoms with E-state index in [4.69, 9.17) is 0 Å². The molecule has 0 aliphatic heterocycles. The van der Waals surface area contributed by atoms with Gasteiger partial charge < -0.3 is 5.11 Å². The number of fused-ring (bicyclic) bond motifs is 5. The highest BCUT2D eigenvalue weighted by Gasteiger charge is 2.66. The van der Waals surface area contributed by atoms with Crippen LogP contribution in [0.2, 0.25) is 0 Å². The largest absolute Gasteiger partial charge is 0.377 e. The van der Waals surface area contributed by atoms with Crippen LogP contribution in [0.5, 0.6) is 0 Å². The van der Waals surface area contributed by atoms with E-state index < -0.39 is 5.60 Å². The Morgan fingerprint density at radius 3 is 2.60 bits per heavy atom. The van der Waals surface area contributed by atoms with E-state index in [2.05, 4.69) is 20.4 Å². The number of rotatable bonds is 1. The molecular weight excluding hydrogens is 312 g/mol. The van der Waals surface area contributed by atoms with Crippen LogP contribution < -0.4 is 0 Å². The van der Waals surface area contributed by atoms with Crippen molar-refractivity contribution in [3.63, 3.8) is 0 Å². The molecule has 25 heavy (non-hydrogen) atoms. The molecule has 4 aliphatic carbocycles. The average Bonchev–Trinajstić information content (AvgIpc) is 2.77. The van der Waals surface area contributed by atoms with Crippen molar-refractivity contribution in [2.24, 2.45) is 28.6 Å². The SMILES string of the molecule is C=C1C[C@@H]2[C@H]3CCC4=CC(=O)CC[C@@]4(C)[C@@H]3CC[C@@]2(C)[C@]1(O)C(C)=O. The van der Waals surface area contributed by atoms with Crippen LogP contribution in [0.15, 0.2) is 23.8 Å². The number of Topliss-reactive ketones (excluding diaryl/α,β-unsaturated/α-hetero) is 1. The number of hydrogen-bond donors (Lipinski definition) is 1. The molecule has 3 fully saturated rings. The fourth-order valence-corrected chi connectivity index (χ4v) is 7.17. The van der Waals surface area contributed by atoms with Gasteiger partial charge in [-0.3, -0.25) is 9.59 Å². The molecule has 0 unspecified atom stereocenters. The molecule has 0 spiro atoms. The summed E-state index contributed by atoms with van der Waals surface area (Å²) in [6.07, 6.45) is 8.26. The molecule has 0 aromatic heterocycles. The highest BCUT2D eigenvalue weighted by molar-refractivity contribution is 5.92. The van der Waals surface area contributed by atoms with Crippen molar-refractivity contribution in [2.45, 2.75) is 71.3 Å². The first kappa shape index (κ1) is 17.2. The zero-order valence-corrected chi connectivity index (χ0v) is 15.7. The van der Waals surface area contributed by atoms with Gasteiger partial charge in [0.25, 0.3) is 0 Å². The van der Waals surface area contributed by atoms with Crippen molar-refractivity contribution >= 4 is 11.6 Å². The molecule has 0 aromatic carbocycles. The highest BCUT2D eigenvalue weighted by atomic mass is 16.3. The maximum atomic E-state index is 12.4. The van der Waals surface area contributed by atoms with Gasteiger partial charge in [-0.05, 0) is 80.3 Å². The third-order valence-corrected chi connectivity index (χ3v) is 8.67. The Balaban J connectivity index is 1.74. The molecule has 0 amide bonds. The molecule has 0 heterocycles. The molecule has 3 nitrogen and oxygen atoms in total. The van der Waals surface area contributed by atoms with Crippen molar-refractivity contribution in [2.75, 3.05) is 0 Å². The minimum atomic E-state index is -1.36. The van der Waals surface area contributed by atoms with Crippen LogP contribution in [0.4, 0.5) is 0 Å². The number of aliphatic hydroxyl groups is 1. The summed E-state index contributed by atoms with van der Waals surface area (Å²) in [4.78, 5) is 24.3. The van der Waals surface area contributed by atoms with Crippen molar-refractivity contribution in [3.05, 3.63) is 23.8 Å². The zero-order valence-electron chi connectivity index (χ0n) is 15.7. The summed E-state index contributed by atoms with van der Waals surface area (Å²) in [6, 6.07) is 0. The fraction of sp³-hybridized carbons (Fsp3) is 0.727. The monoisotopic (exact) mass is 342 g/mol. The molecule has 0 aromatic rings. The Labute approximate surface area is 150 Å². The predicted molar refractivity (Wildman–Crippen MR) is 96.9 cm³/mol. The average molecular weight is 342 g/mol. The Hall–Kier alpha value is -1.22. The Bertz CT molecular complexity index is 704. The van der Waals surface area contributed by atoms with Gasteiger partial charge in [-0.25, -0.2) is 0 Å². The minimum Gasteiger partial charge on any atom is -0.377 e. The molecule has 136 valence electrons. The standard InChI is InChI=1S/C22H30O3/c1-13-11-19-17-6-5-15-12-16(24)7-9-20(15,3)18(17)8-10-21(19,4)22(13,25)14(2)23/h12,17-19,25H,1,5-11H2,2-4H3/t17-,18+,19+,20+,21+,22+/m0/s1. The third kappa shape index (κ3) is 1.96. The van der Waals surface area contributed by atoms with Crippen LogP contribution in [0.3, 0.4) is 0 Å². The lowest BCUT2D eigenvalue weighted by molar-refractivity contribution is -0.154. The molecule has 4 aliphatic rings. The first-order chi connectivity index (χ1) is 11.6. The second kappa shape index (κ2) is 5.16. The van der Waals surface area contributed by atoms with Crippen molar-refractivity contribution in [3.8, 4) is 0 Å². The molecule has 0 radical (unpaired) electrons. The fourth-order valence-electron chi connectivity index (χ4n) is 7.17. The number of ketones is 2. The maximum Gasteiger partial charge on any atom is 0.166 e. The normalized spacial score (nSPS) is 49.1. The topological polar surface area (TPSA) is 54.4 Å². The molecule has 3 heteroatoms. The Kier molecular flexibility index (Phi) is 3.55. The van der Waals surface area contributed by atoms with Gasteiger partial charge in [-0.1, -0.05) is 26.0 Å². The molecule has 0 bridgehead atoms. The summed E-state index contributed by atoms with van der Waals surface area (Å²) in [6.45, 7) is 10.1. The van der Waals surface area contributed by atoms with Crippen molar-refractivity contribution < 1.29 is 14.7 Å². The van der Waals surface area contributed by atoms with E-state index in [0.29, 0.717) is 24.2 Å². The first-order valence-electron chi connectivity index (χ1n) is 9.80. The molecule has 6 atom stereocenters. The minimum absolute atomic E-state index is 0.121. The van der Waals surface area contributed by atoms with Crippen molar-refractivity contribution in [1.29, 1.82) is 0 Å². The van der Waals surface area contributed by atoms with Crippen LogP contribution in [0.1, 0.15) is 65.7 Å². The smallest absolute Gasteiger partial charge is 0.166 e. The summed E-state index contributed by atoms with van der Waals surface area (Å²) in [7, 11) is 0. The van der Waals surface area contributed by atoms with Gasteiger partial charge >= 0.3 is 0 Å². The lowest BCUT2D eigenvalue weighted by Gasteiger charge is -2.58. The van der Waals surface area contributed by atoms with E-state index in [0.717, 1.165) is 44.1 Å². The number of hydrogen-bond acceptors (Lipinski definition) is 3. The summed E-state index contributed by atoms with van der Waals surface area (Å²) in [5, 5.41) is 11.3. The third-order valence-electron chi connectivity index (χ3n) is 8.67. The Morgan fingerprint density at radius 2 is 1.92 bits per heavy atom. The van der Waals surface area contributed by atoms with E-state index in [9.17, 15) is 14.7 Å². The summed E-state index contributed by atoms with van der Waals surface area (Å²) < 4.78 is 0. The maximum absolute atomic E-state index is 12.4. The van der Waals surface area contributed by atoms with Crippen LogP contribution in [-0.4, -0.2) is 22.3 Å². The van der Waals surface area contributed by atoms with E-state index >= 15 is 0 Å². The van der Waals surface area contributed by atoms with Gasteiger partial charge in [0.1, 0.15) is 5.60 Å². The molecule has 1 N–H and O–H groups in total. The highest BCUT2D eigenvalue weighted by Crippen LogP contribution is 2.68. The van der Waals surface area contributed by atoms with Gasteiger partial charge in [0, 0.05) is 11.8 Å². The summed E-state index contributed by atoms with van der Waals surface area (Å²) in [5.41, 5.74) is 0.448. The summed E-state index contributed by atoms with van der Waals surface area (Å²) >= 11 is 0. The van der Waals surface area contributed by atoms with Gasteiger partial charge in [-0.2, -0.15) is 0 Å². The van der Waals surface area contributed by atoms with Crippen LogP contribution in [-0.2, 0) is 9.59 Å². The van der Waals surface area contributed by atoms with E-state index in [1.165, 1.54) is 12.5 Å². The van der Waals surface area contributed by atoms with Gasteiger partial charge in [0.2, 0.25) is 0 Å².